The van der Waals surface area contributed by atoms with E-state index >= 15 is 0 Å². The number of benzene rings is 1. The fourth-order valence-corrected chi connectivity index (χ4v) is 2.75. The van der Waals surface area contributed by atoms with Crippen LogP contribution >= 0.6 is 0 Å². The zero-order valence-electron chi connectivity index (χ0n) is 16.1. The van der Waals surface area contributed by atoms with Crippen molar-refractivity contribution in [2.45, 2.75) is 26.2 Å². The molecule has 0 spiro atoms. The van der Waals surface area contributed by atoms with Crippen LogP contribution in [-0.4, -0.2) is 59.1 Å². The molecule has 6 nitrogen and oxygen atoms in total. The molecule has 1 aliphatic rings. The van der Waals surface area contributed by atoms with Crippen LogP contribution in [-0.2, 0) is 9.47 Å². The van der Waals surface area contributed by atoms with Gasteiger partial charge >= 0.3 is 0 Å². The Morgan fingerprint density at radius 1 is 1.19 bits per heavy atom. The Balaban J connectivity index is 1.45. The summed E-state index contributed by atoms with van der Waals surface area (Å²) in [5, 5.41) is 6.62. The van der Waals surface area contributed by atoms with Gasteiger partial charge in [0.1, 0.15) is 5.75 Å². The van der Waals surface area contributed by atoms with Gasteiger partial charge in [0.2, 0.25) is 0 Å². The van der Waals surface area contributed by atoms with Crippen LogP contribution in [0.1, 0.15) is 24.8 Å². The van der Waals surface area contributed by atoms with Gasteiger partial charge in [-0.2, -0.15) is 0 Å². The molecule has 0 saturated carbocycles. The van der Waals surface area contributed by atoms with E-state index in [0.29, 0.717) is 12.5 Å². The van der Waals surface area contributed by atoms with E-state index in [2.05, 4.69) is 28.6 Å². The Morgan fingerprint density at radius 2 is 1.96 bits per heavy atom. The Labute approximate surface area is 157 Å². The molecule has 1 heterocycles. The lowest BCUT2D eigenvalue weighted by molar-refractivity contribution is 0.0888. The van der Waals surface area contributed by atoms with Gasteiger partial charge in [0.15, 0.2) is 5.96 Å². The molecular formula is C20H33N3O3. The summed E-state index contributed by atoms with van der Waals surface area (Å²) >= 11 is 0. The van der Waals surface area contributed by atoms with Crippen molar-refractivity contribution in [1.82, 2.24) is 10.6 Å². The minimum absolute atomic E-state index is 0.583. The lowest BCUT2D eigenvalue weighted by Crippen LogP contribution is -2.38. The SMILES string of the molecule is CN=C(NCCCOCC1CCOC1)NCCCOc1ccccc1C. The van der Waals surface area contributed by atoms with Crippen molar-refractivity contribution in [1.29, 1.82) is 0 Å². The lowest BCUT2D eigenvalue weighted by atomic mass is 10.1. The lowest BCUT2D eigenvalue weighted by Gasteiger charge is -2.13. The first-order valence-corrected chi connectivity index (χ1v) is 9.58. The maximum Gasteiger partial charge on any atom is 0.190 e. The van der Waals surface area contributed by atoms with E-state index in [0.717, 1.165) is 70.5 Å². The Kier molecular flexibility index (Phi) is 9.90. The number of hydrogen-bond acceptors (Lipinski definition) is 4. The monoisotopic (exact) mass is 363 g/mol. The van der Waals surface area contributed by atoms with Crippen molar-refractivity contribution in [3.05, 3.63) is 29.8 Å². The van der Waals surface area contributed by atoms with E-state index in [-0.39, 0.29) is 0 Å². The molecule has 6 heteroatoms. The van der Waals surface area contributed by atoms with Gasteiger partial charge in [0.25, 0.3) is 0 Å². The molecule has 1 saturated heterocycles. The van der Waals surface area contributed by atoms with Crippen molar-refractivity contribution < 1.29 is 14.2 Å². The van der Waals surface area contributed by atoms with E-state index < -0.39 is 0 Å². The maximum absolute atomic E-state index is 5.79. The molecule has 2 N–H and O–H groups in total. The molecule has 1 unspecified atom stereocenters. The number of aryl methyl sites for hydroxylation is 1. The summed E-state index contributed by atoms with van der Waals surface area (Å²) in [5.41, 5.74) is 1.17. The second-order valence-electron chi connectivity index (χ2n) is 6.55. The molecule has 0 aromatic heterocycles. The van der Waals surface area contributed by atoms with Gasteiger partial charge in [0, 0.05) is 39.3 Å². The minimum atomic E-state index is 0.583. The average Bonchev–Trinajstić information content (AvgIpc) is 3.17. The molecule has 1 aliphatic heterocycles. The first-order valence-electron chi connectivity index (χ1n) is 9.58. The number of rotatable bonds is 11. The summed E-state index contributed by atoms with van der Waals surface area (Å²) in [5.74, 6) is 2.36. The number of ether oxygens (including phenoxy) is 3. The second-order valence-corrected chi connectivity index (χ2v) is 6.55. The van der Waals surface area contributed by atoms with Crippen LogP contribution in [0.3, 0.4) is 0 Å². The van der Waals surface area contributed by atoms with Crippen molar-refractivity contribution in [2.75, 3.05) is 53.2 Å². The summed E-state index contributed by atoms with van der Waals surface area (Å²) < 4.78 is 16.8. The van der Waals surface area contributed by atoms with E-state index in [9.17, 15) is 0 Å². The van der Waals surface area contributed by atoms with Gasteiger partial charge < -0.3 is 24.8 Å². The number of para-hydroxylation sites is 1. The molecule has 1 aromatic rings. The normalized spacial score (nSPS) is 17.3. The fourth-order valence-electron chi connectivity index (χ4n) is 2.75. The van der Waals surface area contributed by atoms with Crippen LogP contribution in [0.15, 0.2) is 29.3 Å². The third kappa shape index (κ3) is 8.06. The predicted molar refractivity (Wildman–Crippen MR) is 105 cm³/mol. The minimum Gasteiger partial charge on any atom is -0.493 e. The molecule has 0 amide bonds. The highest BCUT2D eigenvalue weighted by molar-refractivity contribution is 5.79. The van der Waals surface area contributed by atoms with Crippen LogP contribution in [0.2, 0.25) is 0 Å². The second kappa shape index (κ2) is 12.5. The van der Waals surface area contributed by atoms with Gasteiger partial charge in [-0.1, -0.05) is 18.2 Å². The number of nitrogens with zero attached hydrogens (tertiary/aromatic N) is 1. The molecule has 1 atom stereocenters. The highest BCUT2D eigenvalue weighted by Gasteiger charge is 2.15. The van der Waals surface area contributed by atoms with Crippen molar-refractivity contribution >= 4 is 5.96 Å². The van der Waals surface area contributed by atoms with Crippen molar-refractivity contribution in [3.8, 4) is 5.75 Å². The Hall–Kier alpha value is -1.79. The van der Waals surface area contributed by atoms with Crippen LogP contribution in [0, 0.1) is 12.8 Å². The first kappa shape index (κ1) is 20.5. The van der Waals surface area contributed by atoms with Gasteiger partial charge in [-0.25, -0.2) is 0 Å². The van der Waals surface area contributed by atoms with Crippen LogP contribution in [0.5, 0.6) is 5.75 Å². The summed E-state index contributed by atoms with van der Waals surface area (Å²) in [6, 6.07) is 8.08. The topological polar surface area (TPSA) is 64.1 Å². The molecule has 26 heavy (non-hydrogen) atoms. The van der Waals surface area contributed by atoms with Gasteiger partial charge in [-0.05, 0) is 37.8 Å². The Bertz CT molecular complexity index is 531. The number of nitrogens with one attached hydrogen (secondary N) is 2. The van der Waals surface area contributed by atoms with E-state index in [4.69, 9.17) is 14.2 Å². The molecule has 146 valence electrons. The molecule has 1 aromatic carbocycles. The standard InChI is InChI=1S/C20H33N3O3/c1-17-7-3-4-8-19(17)26-13-6-11-23-20(21-2)22-10-5-12-24-15-18-9-14-25-16-18/h3-4,7-8,18H,5-6,9-16H2,1-2H3,(H2,21,22,23). The Morgan fingerprint density at radius 3 is 2.65 bits per heavy atom. The number of hydrogen-bond donors (Lipinski definition) is 2. The van der Waals surface area contributed by atoms with Crippen molar-refractivity contribution in [3.63, 3.8) is 0 Å². The highest BCUT2D eigenvalue weighted by Crippen LogP contribution is 2.16. The molecule has 0 radical (unpaired) electrons. The van der Waals surface area contributed by atoms with E-state index in [1.807, 2.05) is 18.2 Å². The first-order chi connectivity index (χ1) is 12.8. The summed E-state index contributed by atoms with van der Waals surface area (Å²) in [7, 11) is 1.79. The van der Waals surface area contributed by atoms with E-state index in [1.54, 1.807) is 7.05 Å². The van der Waals surface area contributed by atoms with Crippen molar-refractivity contribution in [2.24, 2.45) is 10.9 Å². The summed E-state index contributed by atoms with van der Waals surface area (Å²) in [6.07, 6.45) is 3.01. The maximum atomic E-state index is 5.79. The molecule has 1 fully saturated rings. The third-order valence-corrected chi connectivity index (χ3v) is 4.32. The smallest absolute Gasteiger partial charge is 0.190 e. The number of aliphatic imine (C=N–C) groups is 1. The fraction of sp³-hybridized carbons (Fsp3) is 0.650. The third-order valence-electron chi connectivity index (χ3n) is 4.32. The predicted octanol–water partition coefficient (Wildman–Crippen LogP) is 2.37. The summed E-state index contributed by atoms with van der Waals surface area (Å²) in [4.78, 5) is 4.24. The van der Waals surface area contributed by atoms with Crippen LogP contribution < -0.4 is 15.4 Å². The average molecular weight is 364 g/mol. The van der Waals surface area contributed by atoms with Gasteiger partial charge in [-0.15, -0.1) is 0 Å². The van der Waals surface area contributed by atoms with Gasteiger partial charge in [-0.3, -0.25) is 4.99 Å². The molecule has 0 bridgehead atoms. The van der Waals surface area contributed by atoms with Crippen LogP contribution in [0.25, 0.3) is 0 Å². The van der Waals surface area contributed by atoms with Crippen LogP contribution in [0.4, 0.5) is 0 Å². The summed E-state index contributed by atoms with van der Waals surface area (Å²) in [6.45, 7) is 7.73. The quantitative estimate of drug-likeness (QED) is 0.359. The van der Waals surface area contributed by atoms with Gasteiger partial charge in [0.05, 0.1) is 19.8 Å². The largest absolute Gasteiger partial charge is 0.493 e. The molecular weight excluding hydrogens is 330 g/mol. The highest BCUT2D eigenvalue weighted by atomic mass is 16.5. The zero-order valence-corrected chi connectivity index (χ0v) is 16.1. The number of guanidine groups is 1. The molecule has 0 aliphatic carbocycles. The van der Waals surface area contributed by atoms with E-state index in [1.165, 1.54) is 5.56 Å². The molecule has 2 rings (SSSR count). The zero-order chi connectivity index (χ0) is 18.5.